The molecule has 0 amide bonds. The van der Waals surface area contributed by atoms with Gasteiger partial charge in [0.05, 0.1) is 10.6 Å². The van der Waals surface area contributed by atoms with Gasteiger partial charge in [-0.25, -0.2) is 4.98 Å². The maximum Gasteiger partial charge on any atom is 0.293 e. The maximum absolute atomic E-state index is 11.1. The number of thiazole rings is 1. The Morgan fingerprint density at radius 2 is 2.26 bits per heavy atom. The summed E-state index contributed by atoms with van der Waals surface area (Å²) in [5, 5.41) is 14.2. The molecule has 2 heterocycles. The van der Waals surface area contributed by atoms with E-state index in [2.05, 4.69) is 9.97 Å². The van der Waals surface area contributed by atoms with Gasteiger partial charge in [0.2, 0.25) is 0 Å². The summed E-state index contributed by atoms with van der Waals surface area (Å²) in [5.74, 6) is 0. The van der Waals surface area contributed by atoms with Gasteiger partial charge in [-0.2, -0.15) is 0 Å². The summed E-state index contributed by atoms with van der Waals surface area (Å²) in [6, 6.07) is 3.46. The molecule has 0 aliphatic heterocycles. The van der Waals surface area contributed by atoms with Crippen LogP contribution in [0.4, 0.5) is 10.8 Å². The van der Waals surface area contributed by atoms with Crippen LogP contribution in [0.3, 0.4) is 0 Å². The highest BCUT2D eigenvalue weighted by atomic mass is 32.1. The van der Waals surface area contributed by atoms with Gasteiger partial charge in [-0.1, -0.05) is 0 Å². The third-order valence-corrected chi connectivity index (χ3v) is 3.58. The fourth-order valence-corrected chi connectivity index (χ4v) is 2.68. The molecule has 3 N–H and O–H groups in total. The zero-order chi connectivity index (χ0) is 13.6. The molecule has 0 radical (unpaired) electrons. The van der Waals surface area contributed by atoms with Gasteiger partial charge in [0, 0.05) is 28.6 Å². The third kappa shape index (κ3) is 1.84. The average molecular weight is 274 g/mol. The molecule has 0 atom stereocenters. The van der Waals surface area contributed by atoms with Crippen molar-refractivity contribution >= 4 is 33.1 Å². The van der Waals surface area contributed by atoms with E-state index in [1.54, 1.807) is 12.3 Å². The van der Waals surface area contributed by atoms with Gasteiger partial charge >= 0.3 is 0 Å². The van der Waals surface area contributed by atoms with Crippen molar-refractivity contribution in [2.75, 3.05) is 5.73 Å². The number of aromatic nitrogens is 2. The van der Waals surface area contributed by atoms with E-state index < -0.39 is 0 Å². The van der Waals surface area contributed by atoms with Crippen LogP contribution in [0.2, 0.25) is 0 Å². The van der Waals surface area contributed by atoms with Crippen LogP contribution in [0.15, 0.2) is 23.7 Å². The molecular weight excluding hydrogens is 264 g/mol. The highest BCUT2D eigenvalue weighted by Gasteiger charge is 2.18. The zero-order valence-corrected chi connectivity index (χ0v) is 10.8. The molecule has 0 aliphatic carbocycles. The molecule has 0 saturated carbocycles. The average Bonchev–Trinajstić information content (AvgIpc) is 2.93. The van der Waals surface area contributed by atoms with Crippen molar-refractivity contribution in [3.05, 3.63) is 39.4 Å². The van der Waals surface area contributed by atoms with Gasteiger partial charge in [-0.15, -0.1) is 11.3 Å². The number of hydrogen-bond acceptors (Lipinski definition) is 5. The molecule has 3 rings (SSSR count). The number of nitrogens with zero attached hydrogens (tertiary/aromatic N) is 2. The highest BCUT2D eigenvalue weighted by molar-refractivity contribution is 7.13. The van der Waals surface area contributed by atoms with E-state index in [9.17, 15) is 10.1 Å². The molecule has 96 valence electrons. The summed E-state index contributed by atoms with van der Waals surface area (Å²) >= 11 is 1.34. The molecule has 7 heteroatoms. The van der Waals surface area contributed by atoms with Gasteiger partial charge in [0.15, 0.2) is 5.13 Å². The standard InChI is InChI=1S/C12H10N4O2S/c1-6-2-7-8(9-5-19-12(13)15-9)4-14-11(7)10(3-6)16(17)18/h2-5,14H,1H3,(H2,13,15). The Labute approximate surface area is 112 Å². The number of benzene rings is 1. The van der Waals surface area contributed by atoms with Crippen molar-refractivity contribution in [1.82, 2.24) is 9.97 Å². The molecule has 1 aromatic carbocycles. The van der Waals surface area contributed by atoms with Crippen LogP contribution in [0.1, 0.15) is 5.56 Å². The number of nitrogen functional groups attached to an aromatic ring is 1. The first-order valence-corrected chi connectivity index (χ1v) is 6.41. The number of fused-ring (bicyclic) bond motifs is 1. The quantitative estimate of drug-likeness (QED) is 0.554. The summed E-state index contributed by atoms with van der Waals surface area (Å²) in [6.07, 6.45) is 1.73. The number of nitrogens with one attached hydrogen (secondary N) is 1. The topological polar surface area (TPSA) is 97.8 Å². The first-order chi connectivity index (χ1) is 9.06. The largest absolute Gasteiger partial charge is 0.375 e. The monoisotopic (exact) mass is 274 g/mol. The first-order valence-electron chi connectivity index (χ1n) is 5.54. The van der Waals surface area contributed by atoms with Gasteiger partial charge in [0.25, 0.3) is 5.69 Å². The predicted molar refractivity (Wildman–Crippen MR) is 75.2 cm³/mol. The Morgan fingerprint density at radius 3 is 2.89 bits per heavy atom. The smallest absolute Gasteiger partial charge is 0.293 e. The number of hydrogen-bond donors (Lipinski definition) is 2. The molecule has 19 heavy (non-hydrogen) atoms. The summed E-state index contributed by atoms with van der Waals surface area (Å²) in [4.78, 5) is 17.9. The Hall–Kier alpha value is -2.41. The number of nitro groups is 1. The van der Waals surface area contributed by atoms with Crippen molar-refractivity contribution in [2.45, 2.75) is 6.92 Å². The van der Waals surface area contributed by atoms with E-state index in [0.717, 1.165) is 22.2 Å². The second kappa shape index (κ2) is 4.06. The number of nitro benzene ring substituents is 1. The molecule has 0 spiro atoms. The Kier molecular flexibility index (Phi) is 2.49. The Morgan fingerprint density at radius 1 is 1.47 bits per heavy atom. The molecule has 6 nitrogen and oxygen atoms in total. The summed E-state index contributed by atoms with van der Waals surface area (Å²) in [5.41, 5.74) is 8.61. The summed E-state index contributed by atoms with van der Waals surface area (Å²) in [7, 11) is 0. The second-order valence-corrected chi connectivity index (χ2v) is 5.13. The lowest BCUT2D eigenvalue weighted by atomic mass is 10.1. The van der Waals surface area contributed by atoms with Crippen LogP contribution >= 0.6 is 11.3 Å². The first kappa shape index (κ1) is 11.7. The second-order valence-electron chi connectivity index (χ2n) is 4.24. The van der Waals surface area contributed by atoms with E-state index in [1.807, 2.05) is 18.4 Å². The number of nitrogens with two attached hydrogens (primary N) is 1. The lowest BCUT2D eigenvalue weighted by molar-refractivity contribution is -0.383. The van der Waals surface area contributed by atoms with Crippen LogP contribution in [0.25, 0.3) is 22.2 Å². The minimum atomic E-state index is -0.384. The fourth-order valence-electron chi connectivity index (χ4n) is 2.12. The number of aromatic amines is 1. The normalized spacial score (nSPS) is 11.0. The van der Waals surface area contributed by atoms with Gasteiger partial charge in [0.1, 0.15) is 5.52 Å². The van der Waals surface area contributed by atoms with Crippen LogP contribution in [0.5, 0.6) is 0 Å². The van der Waals surface area contributed by atoms with E-state index in [0.29, 0.717) is 10.6 Å². The van der Waals surface area contributed by atoms with Crippen molar-refractivity contribution < 1.29 is 4.92 Å². The van der Waals surface area contributed by atoms with Gasteiger partial charge in [-0.3, -0.25) is 10.1 Å². The Balaban J connectivity index is 2.31. The molecule has 2 aromatic heterocycles. The maximum atomic E-state index is 11.1. The molecule has 3 aromatic rings. The van der Waals surface area contributed by atoms with Crippen molar-refractivity contribution in [2.24, 2.45) is 0 Å². The van der Waals surface area contributed by atoms with Crippen molar-refractivity contribution in [3.63, 3.8) is 0 Å². The predicted octanol–water partition coefficient (Wildman–Crippen LogP) is 3.09. The molecule has 0 fully saturated rings. The number of anilines is 1. The van der Waals surface area contributed by atoms with Crippen LogP contribution in [0, 0.1) is 17.0 Å². The lowest BCUT2D eigenvalue weighted by Gasteiger charge is -1.99. The zero-order valence-electron chi connectivity index (χ0n) is 10.0. The van der Waals surface area contributed by atoms with Crippen molar-refractivity contribution in [1.29, 1.82) is 0 Å². The Bertz CT molecular complexity index is 790. The summed E-state index contributed by atoms with van der Waals surface area (Å²) in [6.45, 7) is 1.83. The molecule has 0 bridgehead atoms. The van der Waals surface area contributed by atoms with Crippen LogP contribution in [-0.2, 0) is 0 Å². The van der Waals surface area contributed by atoms with E-state index >= 15 is 0 Å². The number of H-pyrrole nitrogens is 1. The molecule has 0 saturated heterocycles. The number of non-ortho nitro benzene ring substituents is 1. The van der Waals surface area contributed by atoms with E-state index in [1.165, 1.54) is 11.3 Å². The molecular formula is C12H10N4O2S. The van der Waals surface area contributed by atoms with Crippen LogP contribution < -0.4 is 5.73 Å². The van der Waals surface area contributed by atoms with Crippen molar-refractivity contribution in [3.8, 4) is 11.3 Å². The van der Waals surface area contributed by atoms with Crippen LogP contribution in [-0.4, -0.2) is 14.9 Å². The minimum absolute atomic E-state index is 0.0736. The van der Waals surface area contributed by atoms with Gasteiger partial charge < -0.3 is 10.7 Å². The number of rotatable bonds is 2. The number of aryl methyl sites for hydroxylation is 1. The van der Waals surface area contributed by atoms with E-state index in [4.69, 9.17) is 5.73 Å². The van der Waals surface area contributed by atoms with Gasteiger partial charge in [-0.05, 0) is 18.6 Å². The lowest BCUT2D eigenvalue weighted by Crippen LogP contribution is -1.90. The fraction of sp³-hybridized carbons (Fsp3) is 0.0833. The highest BCUT2D eigenvalue weighted by Crippen LogP contribution is 2.35. The van der Waals surface area contributed by atoms with E-state index in [-0.39, 0.29) is 10.6 Å². The summed E-state index contributed by atoms with van der Waals surface area (Å²) < 4.78 is 0. The minimum Gasteiger partial charge on any atom is -0.375 e. The molecule has 0 aliphatic rings. The third-order valence-electron chi connectivity index (χ3n) is 2.91. The SMILES string of the molecule is Cc1cc([N+](=O)[O-])c2[nH]cc(-c3csc(N)n3)c2c1. The molecule has 0 unspecified atom stereocenters.